The molecule has 0 spiro atoms. The molecule has 0 saturated carbocycles. The summed E-state index contributed by atoms with van der Waals surface area (Å²) in [6.07, 6.45) is 4.93. The third-order valence-electron chi connectivity index (χ3n) is 6.93. The van der Waals surface area contributed by atoms with Gasteiger partial charge >= 0.3 is 6.18 Å². The van der Waals surface area contributed by atoms with Crippen LogP contribution in [0.25, 0.3) is 16.8 Å². The molecule has 41 heavy (non-hydrogen) atoms. The lowest BCUT2D eigenvalue weighted by molar-refractivity contribution is -0.137. The molecule has 1 aliphatic rings. The van der Waals surface area contributed by atoms with Gasteiger partial charge in [-0.2, -0.15) is 18.3 Å². The maximum absolute atomic E-state index is 13.1. The van der Waals surface area contributed by atoms with Gasteiger partial charge in [-0.15, -0.1) is 4.31 Å². The van der Waals surface area contributed by atoms with Crippen LogP contribution >= 0.6 is 0 Å². The van der Waals surface area contributed by atoms with Crippen molar-refractivity contribution >= 4 is 23.0 Å². The van der Waals surface area contributed by atoms with Crippen LogP contribution < -0.4 is 10.1 Å². The van der Waals surface area contributed by atoms with E-state index >= 15 is 0 Å². The lowest BCUT2D eigenvalue weighted by Gasteiger charge is -2.16. The van der Waals surface area contributed by atoms with E-state index in [0.29, 0.717) is 23.7 Å². The number of rotatable bonds is 8. The Morgan fingerprint density at radius 1 is 1.20 bits per heavy atom. The van der Waals surface area contributed by atoms with Gasteiger partial charge in [0.05, 0.1) is 30.6 Å². The monoisotopic (exact) mass is 583 g/mol. The molecule has 2 atom stereocenters. The number of aryl methyl sites for hydroxylation is 1. The van der Waals surface area contributed by atoms with Crippen LogP contribution in [-0.4, -0.2) is 55.5 Å². The number of hydrogen-bond donors (Lipinski definition) is 1. The second-order valence-electron chi connectivity index (χ2n) is 9.86. The van der Waals surface area contributed by atoms with E-state index in [2.05, 4.69) is 15.4 Å². The molecule has 1 fully saturated rings. The average Bonchev–Trinajstić information content (AvgIpc) is 3.63. The minimum absolute atomic E-state index is 0.0966. The number of anilines is 1. The van der Waals surface area contributed by atoms with E-state index in [0.717, 1.165) is 48.3 Å². The summed E-state index contributed by atoms with van der Waals surface area (Å²) in [5.41, 5.74) is 2.52. The summed E-state index contributed by atoms with van der Waals surface area (Å²) in [5, 5.41) is 7.18. The smallest absolute Gasteiger partial charge is 0.416 e. The molecule has 1 aliphatic heterocycles. The molecule has 4 aromatic rings. The van der Waals surface area contributed by atoms with E-state index in [9.17, 15) is 22.5 Å². The Labute approximate surface area is 238 Å². The average molecular weight is 584 g/mol. The Balaban J connectivity index is 1.32. The van der Waals surface area contributed by atoms with Gasteiger partial charge in [0.1, 0.15) is 12.0 Å². The van der Waals surface area contributed by atoms with Crippen molar-refractivity contribution in [3.05, 3.63) is 90.0 Å². The number of aromatic nitrogens is 3. The lowest BCUT2D eigenvalue weighted by atomic mass is 10.1. The molecular weight excluding hydrogens is 555 g/mol. The van der Waals surface area contributed by atoms with Gasteiger partial charge in [0.2, 0.25) is 0 Å². The molecule has 1 saturated heterocycles. The number of hydrogen-bond acceptors (Lipinski definition) is 6. The summed E-state index contributed by atoms with van der Waals surface area (Å²) >= 11 is -0.988. The molecule has 0 aliphatic carbocycles. The summed E-state index contributed by atoms with van der Waals surface area (Å²) in [6.45, 7) is 3.89. The largest absolute Gasteiger partial charge is 0.598 e. The fourth-order valence-electron chi connectivity index (χ4n) is 4.67. The molecule has 1 N–H and O–H groups in total. The molecule has 2 aromatic heterocycles. The zero-order chi connectivity index (χ0) is 29.1. The highest BCUT2D eigenvalue weighted by Gasteiger charge is 2.31. The zero-order valence-corrected chi connectivity index (χ0v) is 23.2. The van der Waals surface area contributed by atoms with Crippen molar-refractivity contribution in [2.75, 3.05) is 31.3 Å². The van der Waals surface area contributed by atoms with Crippen molar-refractivity contribution in [2.45, 2.75) is 19.5 Å². The van der Waals surface area contributed by atoms with Gasteiger partial charge in [0, 0.05) is 64.8 Å². The van der Waals surface area contributed by atoms with Gasteiger partial charge in [-0.05, 0) is 55.3 Å². The number of ether oxygens (including phenoxy) is 1. The number of carbonyl (C=O) groups excluding carboxylic acids is 1. The highest BCUT2D eigenvalue weighted by Crippen LogP contribution is 2.32. The first kappa shape index (κ1) is 28.7. The molecule has 2 aromatic carbocycles. The van der Waals surface area contributed by atoms with Crippen LogP contribution in [0.4, 0.5) is 18.9 Å². The van der Waals surface area contributed by atoms with E-state index in [-0.39, 0.29) is 11.5 Å². The zero-order valence-electron chi connectivity index (χ0n) is 22.4. The lowest BCUT2D eigenvalue weighted by Crippen LogP contribution is -2.28. The van der Waals surface area contributed by atoms with Crippen LogP contribution in [0.15, 0.2) is 73.3 Å². The molecule has 1 amide bonds. The predicted octanol–water partition coefficient (Wildman–Crippen LogP) is 5.51. The van der Waals surface area contributed by atoms with Crippen molar-refractivity contribution in [2.24, 2.45) is 5.92 Å². The standard InChI is InChI=1S/C29H28F3N5O3S/c1-19-6-7-24(35-28(38)21-4-3-5-23(12-21)29(30,31)32)13-26(19)37-17-22(14-34-37)25-15-33-10-8-27(25)40-18-20-9-11-36(16-20)41(2)39/h3-8,10,12-15,17,20H,9,11,16,18H2,1-2H3,(H,35,38). The maximum Gasteiger partial charge on any atom is 0.416 e. The second kappa shape index (κ2) is 11.9. The van der Waals surface area contributed by atoms with Crippen molar-refractivity contribution in [1.82, 2.24) is 19.1 Å². The number of benzene rings is 2. The maximum atomic E-state index is 13.1. The number of alkyl halides is 3. The first-order valence-corrected chi connectivity index (χ1v) is 14.4. The van der Waals surface area contributed by atoms with Gasteiger partial charge in [-0.25, -0.2) is 4.68 Å². The summed E-state index contributed by atoms with van der Waals surface area (Å²) < 4.78 is 60.7. The Hall–Kier alpha value is -3.87. The molecule has 3 heterocycles. The first-order valence-electron chi connectivity index (χ1n) is 12.9. The summed E-state index contributed by atoms with van der Waals surface area (Å²) in [7, 11) is 0. The third kappa shape index (κ3) is 6.72. The van der Waals surface area contributed by atoms with Crippen LogP contribution in [0.3, 0.4) is 0 Å². The topological polar surface area (TPSA) is 95.3 Å². The minimum Gasteiger partial charge on any atom is -0.598 e. The number of carbonyl (C=O) groups is 1. The van der Waals surface area contributed by atoms with Crippen LogP contribution in [0, 0.1) is 12.8 Å². The Kier molecular flexibility index (Phi) is 8.34. The number of amides is 1. The Morgan fingerprint density at radius 2 is 2.02 bits per heavy atom. The van der Waals surface area contributed by atoms with E-state index in [4.69, 9.17) is 4.74 Å². The van der Waals surface area contributed by atoms with Gasteiger partial charge < -0.3 is 14.6 Å². The SMILES string of the molecule is Cc1ccc(NC(=O)c2cccc(C(F)(F)F)c2)cc1-n1cc(-c2cnccc2OCC2CCN([S+](C)[O-])C2)cn1. The molecule has 2 unspecified atom stereocenters. The summed E-state index contributed by atoms with van der Waals surface area (Å²) in [6, 6.07) is 11.3. The first-order chi connectivity index (χ1) is 19.6. The van der Waals surface area contributed by atoms with Gasteiger partial charge in [-0.1, -0.05) is 12.1 Å². The molecule has 8 nitrogen and oxygen atoms in total. The van der Waals surface area contributed by atoms with Gasteiger partial charge in [0.15, 0.2) is 0 Å². The normalized spacial score (nSPS) is 16.5. The highest BCUT2D eigenvalue weighted by molar-refractivity contribution is 7.88. The number of nitrogens with zero attached hydrogens (tertiary/aromatic N) is 4. The van der Waals surface area contributed by atoms with Crippen molar-refractivity contribution in [1.29, 1.82) is 0 Å². The molecule has 214 valence electrons. The highest BCUT2D eigenvalue weighted by atomic mass is 32.2. The summed E-state index contributed by atoms with van der Waals surface area (Å²) in [5.74, 6) is 0.286. The number of pyridine rings is 1. The van der Waals surface area contributed by atoms with E-state index in [1.807, 2.05) is 17.4 Å². The second-order valence-corrected chi connectivity index (χ2v) is 11.2. The van der Waals surface area contributed by atoms with Crippen molar-refractivity contribution in [3.63, 3.8) is 0 Å². The molecule has 0 bridgehead atoms. The molecular formula is C29H28F3N5O3S. The van der Waals surface area contributed by atoms with Crippen LogP contribution in [0.2, 0.25) is 0 Å². The molecule has 5 rings (SSSR count). The van der Waals surface area contributed by atoms with Crippen LogP contribution in [-0.2, 0) is 17.5 Å². The van der Waals surface area contributed by atoms with Gasteiger partial charge in [-0.3, -0.25) is 9.78 Å². The van der Waals surface area contributed by atoms with Gasteiger partial charge in [0.25, 0.3) is 5.91 Å². The quantitative estimate of drug-likeness (QED) is 0.275. The van der Waals surface area contributed by atoms with Crippen LogP contribution in [0.1, 0.15) is 27.9 Å². The Morgan fingerprint density at radius 3 is 2.78 bits per heavy atom. The van der Waals surface area contributed by atoms with E-state index in [1.54, 1.807) is 53.8 Å². The predicted molar refractivity (Wildman–Crippen MR) is 150 cm³/mol. The number of halogens is 3. The van der Waals surface area contributed by atoms with Crippen molar-refractivity contribution in [3.8, 4) is 22.6 Å². The molecule has 12 heteroatoms. The Bertz CT molecular complexity index is 1540. The van der Waals surface area contributed by atoms with E-state index in [1.165, 1.54) is 12.1 Å². The van der Waals surface area contributed by atoms with Crippen LogP contribution in [0.5, 0.6) is 5.75 Å². The number of nitrogens with one attached hydrogen (secondary N) is 1. The fraction of sp³-hybridized carbons (Fsp3) is 0.276. The van der Waals surface area contributed by atoms with E-state index < -0.39 is 29.0 Å². The third-order valence-corrected chi connectivity index (χ3v) is 7.99. The minimum atomic E-state index is -4.54. The fourth-order valence-corrected chi connectivity index (χ4v) is 5.45. The summed E-state index contributed by atoms with van der Waals surface area (Å²) in [4.78, 5) is 17.0. The molecule has 0 radical (unpaired) electrons. The van der Waals surface area contributed by atoms with Crippen molar-refractivity contribution < 1.29 is 27.3 Å².